The summed E-state index contributed by atoms with van der Waals surface area (Å²) in [5, 5.41) is 24.1. The van der Waals surface area contributed by atoms with E-state index in [9.17, 15) is 10.1 Å². The molecule has 7 heteroatoms. The summed E-state index contributed by atoms with van der Waals surface area (Å²) in [5.41, 5.74) is 0. The lowest BCUT2D eigenvalue weighted by atomic mass is 10.4. The summed E-state index contributed by atoms with van der Waals surface area (Å²) in [7, 11) is 0. The highest BCUT2D eigenvalue weighted by molar-refractivity contribution is 5.58. The Hall–Kier alpha value is -1.84. The van der Waals surface area contributed by atoms with Crippen LogP contribution in [0.25, 0.3) is 0 Å². The van der Waals surface area contributed by atoms with Gasteiger partial charge in [-0.25, -0.2) is 5.01 Å². The van der Waals surface area contributed by atoms with Gasteiger partial charge in [-0.3, -0.25) is 10.1 Å². The first-order valence-corrected chi connectivity index (χ1v) is 3.72. The maximum Gasteiger partial charge on any atom is 0.396 e. The van der Waals surface area contributed by atoms with Gasteiger partial charge >= 0.3 is 6.29 Å². The van der Waals surface area contributed by atoms with Crippen molar-refractivity contribution in [2.24, 2.45) is 5.10 Å². The summed E-state index contributed by atoms with van der Waals surface area (Å²) < 4.78 is 0. The van der Waals surface area contributed by atoms with Crippen LogP contribution in [-0.2, 0) is 0 Å². The van der Waals surface area contributed by atoms with Gasteiger partial charge in [0.05, 0.1) is 11.0 Å². The lowest BCUT2D eigenvalue weighted by Crippen LogP contribution is -2.46. The van der Waals surface area contributed by atoms with E-state index in [1.54, 1.807) is 20.0 Å². The third-order valence-corrected chi connectivity index (χ3v) is 1.63. The molecule has 1 rings (SSSR count). The van der Waals surface area contributed by atoms with E-state index in [4.69, 9.17) is 5.26 Å². The molecule has 0 aliphatic carbocycles. The van der Waals surface area contributed by atoms with Gasteiger partial charge in [-0.15, -0.1) is 0 Å². The Kier molecular flexibility index (Phi) is 2.32. The molecule has 0 aromatic heterocycles. The average Bonchev–Trinajstić information content (AvgIpc) is 2.46. The predicted molar refractivity (Wildman–Crippen MR) is 43.7 cm³/mol. The highest BCUT2D eigenvalue weighted by atomic mass is 16.6. The van der Waals surface area contributed by atoms with E-state index in [-0.39, 0.29) is 6.04 Å². The zero-order valence-corrected chi connectivity index (χ0v) is 7.28. The van der Waals surface area contributed by atoms with E-state index in [1.165, 1.54) is 5.01 Å². The standard InChI is InChI=1S/C6H9N5O2/c1-5(2)10-6(11(12)13)9(3-7)4-8-10/h4-6H,1-2H3. The fraction of sp³-hybridized carbons (Fsp3) is 0.667. The van der Waals surface area contributed by atoms with Crippen LogP contribution in [-0.4, -0.2) is 33.5 Å². The highest BCUT2D eigenvalue weighted by Gasteiger charge is 2.39. The third kappa shape index (κ3) is 1.51. The smallest absolute Gasteiger partial charge is 0.261 e. The summed E-state index contributed by atoms with van der Waals surface area (Å²) in [6.45, 7) is 3.55. The topological polar surface area (TPSA) is 85.8 Å². The summed E-state index contributed by atoms with van der Waals surface area (Å²) in [6, 6.07) is -0.106. The van der Waals surface area contributed by atoms with Gasteiger partial charge in [0.1, 0.15) is 6.34 Å². The minimum Gasteiger partial charge on any atom is -0.261 e. The zero-order chi connectivity index (χ0) is 10.0. The Morgan fingerprint density at radius 1 is 1.77 bits per heavy atom. The highest BCUT2D eigenvalue weighted by Crippen LogP contribution is 2.15. The van der Waals surface area contributed by atoms with Crippen LogP contribution in [0.1, 0.15) is 13.8 Å². The zero-order valence-electron chi connectivity index (χ0n) is 7.28. The lowest BCUT2D eigenvalue weighted by molar-refractivity contribution is -0.568. The van der Waals surface area contributed by atoms with E-state index in [2.05, 4.69) is 5.10 Å². The molecule has 1 heterocycles. The van der Waals surface area contributed by atoms with Gasteiger partial charge in [0.25, 0.3) is 0 Å². The van der Waals surface area contributed by atoms with Gasteiger partial charge in [0, 0.05) is 0 Å². The summed E-state index contributed by atoms with van der Waals surface area (Å²) >= 11 is 0. The van der Waals surface area contributed by atoms with E-state index in [0.717, 1.165) is 11.2 Å². The number of rotatable bonds is 2. The second-order valence-corrected chi connectivity index (χ2v) is 2.84. The summed E-state index contributed by atoms with van der Waals surface area (Å²) in [6.07, 6.45) is 1.65. The molecule has 70 valence electrons. The van der Waals surface area contributed by atoms with E-state index in [1.807, 2.05) is 0 Å². The molecule has 1 atom stereocenters. The number of hydrazone groups is 1. The first-order chi connectivity index (χ1) is 6.07. The van der Waals surface area contributed by atoms with E-state index >= 15 is 0 Å². The van der Waals surface area contributed by atoms with Crippen LogP contribution in [0.5, 0.6) is 0 Å². The van der Waals surface area contributed by atoms with Crippen LogP contribution in [0.4, 0.5) is 0 Å². The lowest BCUT2D eigenvalue weighted by Gasteiger charge is -2.21. The molecule has 7 nitrogen and oxygen atoms in total. The molecule has 0 aromatic rings. The largest absolute Gasteiger partial charge is 0.396 e. The van der Waals surface area contributed by atoms with Gasteiger partial charge in [-0.05, 0) is 13.8 Å². The molecule has 0 N–H and O–H groups in total. The van der Waals surface area contributed by atoms with Crippen molar-refractivity contribution in [2.75, 3.05) is 0 Å². The Morgan fingerprint density at radius 2 is 2.38 bits per heavy atom. The van der Waals surface area contributed by atoms with Gasteiger partial charge in [0.15, 0.2) is 6.19 Å². The molecule has 0 spiro atoms. The molecule has 0 bridgehead atoms. The average molecular weight is 183 g/mol. The molecular weight excluding hydrogens is 174 g/mol. The first-order valence-electron chi connectivity index (χ1n) is 3.72. The van der Waals surface area contributed by atoms with Crippen molar-refractivity contribution in [3.05, 3.63) is 10.1 Å². The molecule has 0 saturated carbocycles. The van der Waals surface area contributed by atoms with E-state index in [0.29, 0.717) is 0 Å². The maximum atomic E-state index is 10.6. The first kappa shape index (κ1) is 9.25. The van der Waals surface area contributed by atoms with Gasteiger partial charge < -0.3 is 0 Å². The minimum absolute atomic E-state index is 0.106. The van der Waals surface area contributed by atoms with Crippen LogP contribution >= 0.6 is 0 Å². The SMILES string of the molecule is CC(C)N1N=CN(C#N)C1[N+](=O)[O-]. The maximum absolute atomic E-state index is 10.6. The molecule has 1 aliphatic rings. The van der Waals surface area contributed by atoms with Crippen LogP contribution in [0.15, 0.2) is 5.10 Å². The molecule has 0 saturated heterocycles. The van der Waals surface area contributed by atoms with Crippen molar-refractivity contribution in [3.8, 4) is 6.19 Å². The molecule has 0 aromatic carbocycles. The number of hydrogen-bond donors (Lipinski definition) is 0. The van der Waals surface area contributed by atoms with Crippen molar-refractivity contribution in [3.63, 3.8) is 0 Å². The quantitative estimate of drug-likeness (QED) is 0.341. The Labute approximate surface area is 75.0 Å². The monoisotopic (exact) mass is 183 g/mol. The number of nitro groups is 1. The van der Waals surface area contributed by atoms with Crippen molar-refractivity contribution >= 4 is 6.34 Å². The summed E-state index contributed by atoms with van der Waals surface area (Å²) in [5.74, 6) is 0. The number of nitrogens with zero attached hydrogens (tertiary/aromatic N) is 5. The van der Waals surface area contributed by atoms with Crippen molar-refractivity contribution in [1.82, 2.24) is 9.91 Å². The van der Waals surface area contributed by atoms with Crippen LogP contribution in [0, 0.1) is 21.6 Å². The van der Waals surface area contributed by atoms with Crippen LogP contribution in [0.2, 0.25) is 0 Å². The minimum atomic E-state index is -1.19. The van der Waals surface area contributed by atoms with Crippen LogP contribution < -0.4 is 0 Å². The molecule has 0 amide bonds. The van der Waals surface area contributed by atoms with Crippen molar-refractivity contribution in [1.29, 1.82) is 5.26 Å². The molecule has 1 aliphatic heterocycles. The van der Waals surface area contributed by atoms with Gasteiger partial charge in [-0.2, -0.15) is 15.3 Å². The third-order valence-electron chi connectivity index (χ3n) is 1.63. The fourth-order valence-electron chi connectivity index (χ4n) is 1.04. The molecule has 0 fully saturated rings. The second kappa shape index (κ2) is 3.26. The fourth-order valence-corrected chi connectivity index (χ4v) is 1.04. The number of hydrogen-bond acceptors (Lipinski definition) is 6. The van der Waals surface area contributed by atoms with E-state index < -0.39 is 11.2 Å². The Balaban J connectivity index is 2.86. The molecule has 0 radical (unpaired) electrons. The number of nitriles is 1. The van der Waals surface area contributed by atoms with Gasteiger partial charge in [-0.1, -0.05) is 0 Å². The second-order valence-electron chi connectivity index (χ2n) is 2.84. The summed E-state index contributed by atoms with van der Waals surface area (Å²) in [4.78, 5) is 10.9. The Bertz CT molecular complexity index is 281. The predicted octanol–water partition coefficient (Wildman–Crippen LogP) is -0.00292. The van der Waals surface area contributed by atoms with Crippen molar-refractivity contribution < 1.29 is 4.92 Å². The molecule has 1 unspecified atom stereocenters. The van der Waals surface area contributed by atoms with Crippen LogP contribution in [0.3, 0.4) is 0 Å². The van der Waals surface area contributed by atoms with Gasteiger partial charge in [0.2, 0.25) is 0 Å². The van der Waals surface area contributed by atoms with Crippen molar-refractivity contribution in [2.45, 2.75) is 26.2 Å². The normalized spacial score (nSPS) is 20.9. The Morgan fingerprint density at radius 3 is 2.77 bits per heavy atom. The molecule has 13 heavy (non-hydrogen) atoms. The molecular formula is C6H9N5O2.